The quantitative estimate of drug-likeness (QED) is 0.534. The van der Waals surface area contributed by atoms with Crippen LogP contribution < -0.4 is 0 Å². The molecule has 0 aliphatic carbocycles. The Kier molecular flexibility index (Phi) is 5.58. The third-order valence-electron chi connectivity index (χ3n) is 3.13. The zero-order valence-electron chi connectivity index (χ0n) is 11.3. The van der Waals surface area contributed by atoms with Crippen molar-refractivity contribution in [2.45, 2.75) is 12.1 Å². The van der Waals surface area contributed by atoms with Crippen molar-refractivity contribution in [3.63, 3.8) is 0 Å². The van der Waals surface area contributed by atoms with Crippen molar-refractivity contribution in [2.24, 2.45) is 9.98 Å². The molecule has 0 spiro atoms. The summed E-state index contributed by atoms with van der Waals surface area (Å²) < 4.78 is 1.81. The monoisotopic (exact) mass is 420 g/mol. The van der Waals surface area contributed by atoms with Gasteiger partial charge in [0.05, 0.1) is 0 Å². The molecule has 0 fully saturated rings. The Hall–Kier alpha value is -1.84. The molecule has 2 aromatic rings. The zero-order valence-corrected chi connectivity index (χ0v) is 14.5. The second kappa shape index (κ2) is 7.43. The second-order valence-electron chi connectivity index (χ2n) is 4.53. The molecule has 0 aliphatic heterocycles. The Bertz CT molecular complexity index is 727. The summed E-state index contributed by atoms with van der Waals surface area (Å²) >= 11 is 6.71. The Morgan fingerprint density at radius 1 is 0.818 bits per heavy atom. The highest BCUT2D eigenvalue weighted by Crippen LogP contribution is 2.32. The average Bonchev–Trinajstić information content (AvgIpc) is 2.51. The fraction of sp³-hybridized carbons (Fsp3) is 0.125. The van der Waals surface area contributed by atoms with Crippen LogP contribution in [0, 0.1) is 0 Å². The van der Waals surface area contributed by atoms with Gasteiger partial charge in [-0.15, -0.1) is 0 Å². The van der Waals surface area contributed by atoms with Crippen LogP contribution in [-0.2, 0) is 21.7 Å². The van der Waals surface area contributed by atoms with Crippen molar-refractivity contribution < 1.29 is 9.59 Å². The number of hydrogen-bond acceptors (Lipinski definition) is 4. The van der Waals surface area contributed by atoms with Crippen LogP contribution in [0.5, 0.6) is 0 Å². The number of nitrogens with zero attached hydrogens (tertiary/aromatic N) is 2. The van der Waals surface area contributed by atoms with Gasteiger partial charge in [0, 0.05) is 20.9 Å². The molecular weight excluding hydrogens is 412 g/mol. The molecule has 0 saturated heterocycles. The minimum atomic E-state index is -1.35. The lowest BCUT2D eigenvalue weighted by Crippen LogP contribution is -2.24. The minimum Gasteiger partial charge on any atom is -0.211 e. The van der Waals surface area contributed by atoms with E-state index in [1.54, 1.807) is 24.3 Å². The zero-order chi connectivity index (χ0) is 16.0. The fourth-order valence-electron chi connectivity index (χ4n) is 2.09. The molecule has 0 N–H and O–H groups in total. The van der Waals surface area contributed by atoms with Gasteiger partial charge in [0.2, 0.25) is 17.8 Å². The summed E-state index contributed by atoms with van der Waals surface area (Å²) in [5, 5.41) is 0. The number of benzene rings is 2. The Morgan fingerprint density at radius 3 is 1.73 bits per heavy atom. The van der Waals surface area contributed by atoms with Crippen molar-refractivity contribution in [1.29, 1.82) is 0 Å². The number of carbonyl (C=O) groups excluding carboxylic acids is 2. The SMILES string of the molecule is O=C=NC(Cc1ccc(Br)cc1)(N=C=O)c1ccc(Br)cc1. The molecular formula is C16H10Br2N2O2. The molecule has 0 saturated carbocycles. The van der Waals surface area contributed by atoms with Gasteiger partial charge in [-0.3, -0.25) is 0 Å². The van der Waals surface area contributed by atoms with Gasteiger partial charge < -0.3 is 0 Å². The van der Waals surface area contributed by atoms with E-state index in [1.807, 2.05) is 24.3 Å². The van der Waals surface area contributed by atoms with Gasteiger partial charge in [-0.2, -0.15) is 9.98 Å². The van der Waals surface area contributed by atoms with Crippen LogP contribution in [-0.4, -0.2) is 12.2 Å². The van der Waals surface area contributed by atoms with E-state index in [-0.39, 0.29) is 6.42 Å². The van der Waals surface area contributed by atoms with E-state index in [9.17, 15) is 9.59 Å². The normalized spacial score (nSPS) is 12.6. The molecule has 0 radical (unpaired) electrons. The van der Waals surface area contributed by atoms with E-state index in [2.05, 4.69) is 41.8 Å². The highest BCUT2D eigenvalue weighted by atomic mass is 79.9. The van der Waals surface area contributed by atoms with Crippen LogP contribution in [0.25, 0.3) is 0 Å². The fourth-order valence-corrected chi connectivity index (χ4v) is 2.62. The maximum absolute atomic E-state index is 10.9. The van der Waals surface area contributed by atoms with E-state index >= 15 is 0 Å². The molecule has 2 aromatic carbocycles. The summed E-state index contributed by atoms with van der Waals surface area (Å²) in [6.07, 6.45) is 3.30. The molecule has 4 nitrogen and oxygen atoms in total. The Morgan fingerprint density at radius 2 is 1.27 bits per heavy atom. The lowest BCUT2D eigenvalue weighted by molar-refractivity contribution is 0.451. The molecule has 6 heteroatoms. The lowest BCUT2D eigenvalue weighted by atomic mass is 9.93. The van der Waals surface area contributed by atoms with Gasteiger partial charge in [0.15, 0.2) is 0 Å². The van der Waals surface area contributed by atoms with Crippen molar-refractivity contribution >= 4 is 44.0 Å². The second-order valence-corrected chi connectivity index (χ2v) is 6.36. The van der Waals surface area contributed by atoms with Crippen LogP contribution >= 0.6 is 31.9 Å². The molecule has 0 aliphatic rings. The van der Waals surface area contributed by atoms with E-state index in [4.69, 9.17) is 0 Å². The van der Waals surface area contributed by atoms with Crippen molar-refractivity contribution in [3.05, 3.63) is 68.6 Å². The number of halogens is 2. The molecule has 0 unspecified atom stereocenters. The summed E-state index contributed by atoms with van der Waals surface area (Å²) in [6.45, 7) is 0. The largest absolute Gasteiger partial charge is 0.237 e. The average molecular weight is 422 g/mol. The number of aliphatic imine (C=N–C) groups is 2. The standard InChI is InChI=1S/C16H10Br2N2O2/c17-14-5-1-12(2-6-14)9-16(19-10-21,20-11-22)13-3-7-15(18)8-4-13/h1-8H,9H2. The summed E-state index contributed by atoms with van der Waals surface area (Å²) in [5.41, 5.74) is 0.146. The van der Waals surface area contributed by atoms with Crippen LogP contribution in [0.15, 0.2) is 67.5 Å². The van der Waals surface area contributed by atoms with Gasteiger partial charge in [0.25, 0.3) is 0 Å². The number of rotatable bonds is 5. The van der Waals surface area contributed by atoms with E-state index in [0.717, 1.165) is 14.5 Å². The van der Waals surface area contributed by atoms with E-state index in [1.165, 1.54) is 12.2 Å². The first-order chi connectivity index (χ1) is 10.6. The first-order valence-electron chi connectivity index (χ1n) is 6.28. The first kappa shape index (κ1) is 16.5. The molecule has 22 heavy (non-hydrogen) atoms. The lowest BCUT2D eigenvalue weighted by Gasteiger charge is -2.23. The van der Waals surface area contributed by atoms with Gasteiger partial charge in [-0.25, -0.2) is 9.59 Å². The smallest absolute Gasteiger partial charge is 0.211 e. The third-order valence-corrected chi connectivity index (χ3v) is 4.19. The van der Waals surface area contributed by atoms with Crippen LogP contribution in [0.1, 0.15) is 11.1 Å². The molecule has 0 bridgehead atoms. The van der Waals surface area contributed by atoms with Crippen molar-refractivity contribution in [2.75, 3.05) is 0 Å². The highest BCUT2D eigenvalue weighted by molar-refractivity contribution is 9.10. The number of hydrogen-bond donors (Lipinski definition) is 0. The molecule has 0 heterocycles. The maximum Gasteiger partial charge on any atom is 0.237 e. The predicted octanol–water partition coefficient (Wildman–Crippen LogP) is 4.28. The maximum atomic E-state index is 10.9. The highest BCUT2D eigenvalue weighted by Gasteiger charge is 2.32. The predicted molar refractivity (Wildman–Crippen MR) is 89.9 cm³/mol. The van der Waals surface area contributed by atoms with Gasteiger partial charge >= 0.3 is 0 Å². The molecule has 2 rings (SSSR count). The molecule has 0 aromatic heterocycles. The molecule has 0 atom stereocenters. The van der Waals surface area contributed by atoms with Gasteiger partial charge in [0.1, 0.15) is 0 Å². The molecule has 110 valence electrons. The molecule has 0 amide bonds. The van der Waals surface area contributed by atoms with Crippen LogP contribution in [0.4, 0.5) is 0 Å². The van der Waals surface area contributed by atoms with E-state index < -0.39 is 5.66 Å². The number of isocyanates is 2. The summed E-state index contributed by atoms with van der Waals surface area (Å²) in [7, 11) is 0. The van der Waals surface area contributed by atoms with Crippen molar-refractivity contribution in [3.8, 4) is 0 Å². The van der Waals surface area contributed by atoms with Crippen molar-refractivity contribution in [1.82, 2.24) is 0 Å². The Labute approximate surface area is 144 Å². The van der Waals surface area contributed by atoms with Crippen LogP contribution in [0.2, 0.25) is 0 Å². The topological polar surface area (TPSA) is 58.9 Å². The Balaban J connectivity index is 2.53. The van der Waals surface area contributed by atoms with E-state index in [0.29, 0.717) is 5.56 Å². The summed E-state index contributed by atoms with van der Waals surface area (Å²) in [6, 6.07) is 14.6. The summed E-state index contributed by atoms with van der Waals surface area (Å²) in [4.78, 5) is 29.4. The summed E-state index contributed by atoms with van der Waals surface area (Å²) in [5.74, 6) is 0. The van der Waals surface area contributed by atoms with Gasteiger partial charge in [-0.1, -0.05) is 56.1 Å². The third kappa shape index (κ3) is 3.87. The van der Waals surface area contributed by atoms with Gasteiger partial charge in [-0.05, 0) is 29.8 Å². The first-order valence-corrected chi connectivity index (χ1v) is 7.87. The minimum absolute atomic E-state index is 0.256. The van der Waals surface area contributed by atoms with Crippen LogP contribution in [0.3, 0.4) is 0 Å².